The Balaban J connectivity index is 1.92. The van der Waals surface area contributed by atoms with Gasteiger partial charge in [-0.25, -0.2) is 0 Å². The van der Waals surface area contributed by atoms with Crippen molar-refractivity contribution in [2.75, 3.05) is 12.8 Å². The number of nitrogens with one attached hydrogen (secondary N) is 2. The topological polar surface area (TPSA) is 41.1 Å². The van der Waals surface area contributed by atoms with Gasteiger partial charge in [0.15, 0.2) is 0 Å². The molecule has 0 aliphatic carbocycles. The van der Waals surface area contributed by atoms with Crippen molar-refractivity contribution in [1.82, 2.24) is 10.6 Å². The second-order valence-electron chi connectivity index (χ2n) is 5.58. The molecular weight excluding hydrogens is 268 g/mol. The Morgan fingerprint density at radius 3 is 2.70 bits per heavy atom. The number of piperidine rings is 1. The summed E-state index contributed by atoms with van der Waals surface area (Å²) in [5, 5.41) is 6.53. The standard InChI is InChI=1S/C16H24N2OS/c1-11-10-14(8-9-17-11)16(19)18-12(2)13-4-6-15(20-3)7-5-13/h4-7,11-12,14,17H,8-10H2,1-3H3,(H,18,19). The van der Waals surface area contributed by atoms with Gasteiger partial charge in [-0.05, 0) is 57.2 Å². The summed E-state index contributed by atoms with van der Waals surface area (Å²) >= 11 is 1.73. The van der Waals surface area contributed by atoms with Gasteiger partial charge in [0.2, 0.25) is 5.91 Å². The van der Waals surface area contributed by atoms with Gasteiger partial charge >= 0.3 is 0 Å². The van der Waals surface area contributed by atoms with E-state index in [1.807, 2.05) is 0 Å². The normalized spacial score (nSPS) is 24.1. The van der Waals surface area contributed by atoms with Gasteiger partial charge in [0.25, 0.3) is 0 Å². The van der Waals surface area contributed by atoms with E-state index in [-0.39, 0.29) is 17.9 Å². The Labute approximate surface area is 125 Å². The first-order chi connectivity index (χ1) is 9.60. The van der Waals surface area contributed by atoms with Crippen LogP contribution in [-0.2, 0) is 4.79 Å². The van der Waals surface area contributed by atoms with Crippen LogP contribution in [0.15, 0.2) is 29.2 Å². The molecule has 0 aromatic heterocycles. The van der Waals surface area contributed by atoms with Crippen molar-refractivity contribution in [3.8, 4) is 0 Å². The van der Waals surface area contributed by atoms with Gasteiger partial charge in [-0.3, -0.25) is 4.79 Å². The number of carbonyl (C=O) groups is 1. The van der Waals surface area contributed by atoms with Crippen LogP contribution in [0.5, 0.6) is 0 Å². The molecule has 20 heavy (non-hydrogen) atoms. The number of hydrogen-bond acceptors (Lipinski definition) is 3. The van der Waals surface area contributed by atoms with Gasteiger partial charge < -0.3 is 10.6 Å². The molecule has 1 fully saturated rings. The highest BCUT2D eigenvalue weighted by Gasteiger charge is 2.25. The third kappa shape index (κ3) is 4.00. The summed E-state index contributed by atoms with van der Waals surface area (Å²) in [6.07, 6.45) is 3.94. The molecule has 0 spiro atoms. The first-order valence-electron chi connectivity index (χ1n) is 7.28. The van der Waals surface area contributed by atoms with Crippen LogP contribution in [0.4, 0.5) is 0 Å². The van der Waals surface area contributed by atoms with E-state index in [0.29, 0.717) is 6.04 Å². The maximum atomic E-state index is 12.3. The fourth-order valence-corrected chi connectivity index (χ4v) is 3.09. The van der Waals surface area contributed by atoms with E-state index in [2.05, 4.69) is 55.0 Å². The number of benzene rings is 1. The second kappa shape index (κ2) is 7.14. The third-order valence-corrected chi connectivity index (χ3v) is 4.71. The van der Waals surface area contributed by atoms with Crippen molar-refractivity contribution in [1.29, 1.82) is 0 Å². The molecule has 1 amide bonds. The Hall–Kier alpha value is -1.00. The van der Waals surface area contributed by atoms with Gasteiger partial charge in [-0.1, -0.05) is 12.1 Å². The number of hydrogen-bond donors (Lipinski definition) is 2. The van der Waals surface area contributed by atoms with Crippen molar-refractivity contribution < 1.29 is 4.79 Å². The fourth-order valence-electron chi connectivity index (χ4n) is 2.68. The third-order valence-electron chi connectivity index (χ3n) is 3.97. The molecule has 1 aliphatic rings. The molecule has 3 unspecified atom stereocenters. The Kier molecular flexibility index (Phi) is 5.49. The molecule has 1 saturated heterocycles. The molecule has 1 aliphatic heterocycles. The van der Waals surface area contributed by atoms with E-state index in [0.717, 1.165) is 24.9 Å². The maximum Gasteiger partial charge on any atom is 0.223 e. The highest BCUT2D eigenvalue weighted by Crippen LogP contribution is 2.21. The van der Waals surface area contributed by atoms with Crippen molar-refractivity contribution in [3.63, 3.8) is 0 Å². The largest absolute Gasteiger partial charge is 0.349 e. The smallest absolute Gasteiger partial charge is 0.223 e. The van der Waals surface area contributed by atoms with Crippen LogP contribution in [0.3, 0.4) is 0 Å². The fraction of sp³-hybridized carbons (Fsp3) is 0.562. The quantitative estimate of drug-likeness (QED) is 0.838. The number of amides is 1. The summed E-state index contributed by atoms with van der Waals surface area (Å²) in [6, 6.07) is 8.92. The molecule has 0 saturated carbocycles. The summed E-state index contributed by atoms with van der Waals surface area (Å²) in [5.74, 6) is 0.346. The molecular formula is C16H24N2OS. The molecule has 110 valence electrons. The predicted molar refractivity (Wildman–Crippen MR) is 85.0 cm³/mol. The lowest BCUT2D eigenvalue weighted by Gasteiger charge is -2.28. The molecule has 0 radical (unpaired) electrons. The minimum atomic E-state index is 0.0728. The van der Waals surface area contributed by atoms with Gasteiger partial charge in [-0.15, -0.1) is 11.8 Å². The summed E-state index contributed by atoms with van der Waals surface area (Å²) in [5.41, 5.74) is 1.16. The first kappa shape index (κ1) is 15.4. The van der Waals surface area contributed by atoms with Crippen molar-refractivity contribution in [2.24, 2.45) is 5.92 Å². The summed E-state index contributed by atoms with van der Waals surface area (Å²) in [7, 11) is 0. The molecule has 3 atom stereocenters. The molecule has 3 nitrogen and oxygen atoms in total. The molecule has 2 rings (SSSR count). The predicted octanol–water partition coefficient (Wildman–Crippen LogP) is 2.97. The number of rotatable bonds is 4. The highest BCUT2D eigenvalue weighted by molar-refractivity contribution is 7.98. The lowest BCUT2D eigenvalue weighted by atomic mass is 9.92. The number of thioether (sulfide) groups is 1. The highest BCUT2D eigenvalue weighted by atomic mass is 32.2. The van der Waals surface area contributed by atoms with Crippen LogP contribution >= 0.6 is 11.8 Å². The summed E-state index contributed by atoms with van der Waals surface area (Å²) in [6.45, 7) is 5.14. The summed E-state index contributed by atoms with van der Waals surface area (Å²) < 4.78 is 0. The van der Waals surface area contributed by atoms with Crippen molar-refractivity contribution in [3.05, 3.63) is 29.8 Å². The van der Waals surface area contributed by atoms with E-state index in [1.54, 1.807) is 11.8 Å². The second-order valence-corrected chi connectivity index (χ2v) is 6.46. The van der Waals surface area contributed by atoms with Crippen LogP contribution in [0.2, 0.25) is 0 Å². The van der Waals surface area contributed by atoms with Crippen LogP contribution in [0.25, 0.3) is 0 Å². The minimum Gasteiger partial charge on any atom is -0.349 e. The van der Waals surface area contributed by atoms with E-state index < -0.39 is 0 Å². The lowest BCUT2D eigenvalue weighted by Crippen LogP contribution is -2.42. The monoisotopic (exact) mass is 292 g/mol. The Bertz CT molecular complexity index is 446. The minimum absolute atomic E-state index is 0.0728. The molecule has 1 aromatic rings. The van der Waals surface area contributed by atoms with Gasteiger partial charge in [-0.2, -0.15) is 0 Å². The number of carbonyl (C=O) groups excluding carboxylic acids is 1. The van der Waals surface area contributed by atoms with E-state index in [4.69, 9.17) is 0 Å². The van der Waals surface area contributed by atoms with Crippen LogP contribution in [-0.4, -0.2) is 24.7 Å². The molecule has 4 heteroatoms. The molecule has 2 N–H and O–H groups in total. The maximum absolute atomic E-state index is 12.3. The van der Waals surface area contributed by atoms with Crippen molar-refractivity contribution >= 4 is 17.7 Å². The molecule has 1 heterocycles. The first-order valence-corrected chi connectivity index (χ1v) is 8.50. The van der Waals surface area contributed by atoms with E-state index >= 15 is 0 Å². The van der Waals surface area contributed by atoms with Gasteiger partial charge in [0, 0.05) is 16.9 Å². The van der Waals surface area contributed by atoms with Gasteiger partial charge in [0.05, 0.1) is 6.04 Å². The average molecular weight is 292 g/mol. The summed E-state index contributed by atoms with van der Waals surface area (Å²) in [4.78, 5) is 13.6. The van der Waals surface area contributed by atoms with E-state index in [1.165, 1.54) is 4.90 Å². The molecule has 1 aromatic carbocycles. The SMILES string of the molecule is CSc1ccc(C(C)NC(=O)C2CCNC(C)C2)cc1. The lowest BCUT2D eigenvalue weighted by molar-refractivity contribution is -0.126. The van der Waals surface area contributed by atoms with Crippen LogP contribution in [0.1, 0.15) is 38.3 Å². The average Bonchev–Trinajstić information content (AvgIpc) is 2.47. The zero-order valence-corrected chi connectivity index (χ0v) is 13.3. The van der Waals surface area contributed by atoms with Gasteiger partial charge in [0.1, 0.15) is 0 Å². The van der Waals surface area contributed by atoms with E-state index in [9.17, 15) is 4.79 Å². The van der Waals surface area contributed by atoms with Crippen LogP contribution < -0.4 is 10.6 Å². The zero-order valence-electron chi connectivity index (χ0n) is 12.5. The Morgan fingerprint density at radius 2 is 2.10 bits per heavy atom. The Morgan fingerprint density at radius 1 is 1.40 bits per heavy atom. The van der Waals surface area contributed by atoms with Crippen LogP contribution in [0, 0.1) is 5.92 Å². The zero-order chi connectivity index (χ0) is 14.5. The van der Waals surface area contributed by atoms with Crippen molar-refractivity contribution in [2.45, 2.75) is 43.7 Å². The molecule has 0 bridgehead atoms.